The highest BCUT2D eigenvalue weighted by Gasteiger charge is 2.15. The molecule has 0 saturated carbocycles. The Morgan fingerprint density at radius 3 is 1.40 bits per heavy atom. The first-order chi connectivity index (χ1) is 17.1. The second kappa shape index (κ2) is 11.4. The Balaban J connectivity index is 1.72. The molecule has 4 aromatic carbocycles. The number of rotatable bonds is 8. The van der Waals surface area contributed by atoms with Gasteiger partial charge in [-0.2, -0.15) is 0 Å². The number of benzene rings is 4. The topological polar surface area (TPSA) is 18.5 Å². The van der Waals surface area contributed by atoms with Gasteiger partial charge in [0.25, 0.3) is 0 Å². The maximum Gasteiger partial charge on any atom is 0.134 e. The van der Waals surface area contributed by atoms with Gasteiger partial charge in [-0.25, -0.2) is 0 Å². The molecule has 0 bridgehead atoms. The van der Waals surface area contributed by atoms with Crippen LogP contribution in [0.1, 0.15) is 47.2 Å². The molecule has 0 atom stereocenters. The molecule has 4 aromatic rings. The van der Waals surface area contributed by atoms with Gasteiger partial charge in [0, 0.05) is 17.5 Å². The molecule has 4 rings (SSSR count). The summed E-state index contributed by atoms with van der Waals surface area (Å²) in [6, 6.07) is 28.9. The molecule has 0 aromatic heterocycles. The fourth-order valence-electron chi connectivity index (χ4n) is 4.20. The second-order valence-corrected chi connectivity index (χ2v) is 8.58. The van der Waals surface area contributed by atoms with Gasteiger partial charge in [0.1, 0.15) is 23.0 Å². The van der Waals surface area contributed by atoms with E-state index in [1.807, 2.05) is 62.4 Å². The fraction of sp³-hybridized carbons (Fsp3) is 0.152. The molecule has 0 aliphatic carbocycles. The van der Waals surface area contributed by atoms with E-state index in [0.29, 0.717) is 6.42 Å². The number of hydrogen-bond acceptors (Lipinski definition) is 2. The van der Waals surface area contributed by atoms with E-state index >= 15 is 0 Å². The van der Waals surface area contributed by atoms with Crippen molar-refractivity contribution in [3.8, 4) is 23.0 Å². The van der Waals surface area contributed by atoms with E-state index in [1.54, 1.807) is 0 Å². The lowest BCUT2D eigenvalue weighted by Crippen LogP contribution is -2.00. The van der Waals surface area contributed by atoms with Crippen LogP contribution < -0.4 is 9.47 Å². The molecule has 0 amide bonds. The third kappa shape index (κ3) is 5.73. The van der Waals surface area contributed by atoms with Crippen molar-refractivity contribution in [1.29, 1.82) is 0 Å². The standard InChI is InChI=1S/C33H32O2/c1-5-13-26-17-7-9-21-30(26)34-32-24(3)15-11-19-28(32)23-29-20-12-16-25(4)33(29)35-31-22-10-8-18-27(31)14-6-2/h5-22H,23H2,1-4H3. The molecule has 0 radical (unpaired) electrons. The summed E-state index contributed by atoms with van der Waals surface area (Å²) in [7, 11) is 0. The van der Waals surface area contributed by atoms with E-state index in [9.17, 15) is 0 Å². The molecule has 0 saturated heterocycles. The van der Waals surface area contributed by atoms with Crippen LogP contribution in [0.3, 0.4) is 0 Å². The van der Waals surface area contributed by atoms with Gasteiger partial charge in [-0.1, -0.05) is 97.1 Å². The van der Waals surface area contributed by atoms with Gasteiger partial charge in [-0.15, -0.1) is 0 Å². The number of allylic oxidation sites excluding steroid dienone is 2. The quantitative estimate of drug-likeness (QED) is 0.261. The molecule has 0 fully saturated rings. The van der Waals surface area contributed by atoms with E-state index in [4.69, 9.17) is 9.47 Å². The number of aryl methyl sites for hydroxylation is 2. The second-order valence-electron chi connectivity index (χ2n) is 8.58. The largest absolute Gasteiger partial charge is 0.456 e. The van der Waals surface area contributed by atoms with Gasteiger partial charge in [0.15, 0.2) is 0 Å². The van der Waals surface area contributed by atoms with Gasteiger partial charge in [0.05, 0.1) is 0 Å². The van der Waals surface area contributed by atoms with Crippen molar-refractivity contribution < 1.29 is 9.47 Å². The summed E-state index contributed by atoms with van der Waals surface area (Å²) in [6.07, 6.45) is 8.90. The molecule has 2 heteroatoms. The summed E-state index contributed by atoms with van der Waals surface area (Å²) in [6.45, 7) is 8.23. The monoisotopic (exact) mass is 460 g/mol. The zero-order valence-electron chi connectivity index (χ0n) is 20.9. The molecule has 2 nitrogen and oxygen atoms in total. The lowest BCUT2D eigenvalue weighted by molar-refractivity contribution is 0.466. The van der Waals surface area contributed by atoms with Gasteiger partial charge in [0.2, 0.25) is 0 Å². The third-order valence-electron chi connectivity index (χ3n) is 5.92. The minimum atomic E-state index is 0.700. The van der Waals surface area contributed by atoms with Crippen molar-refractivity contribution in [2.75, 3.05) is 0 Å². The smallest absolute Gasteiger partial charge is 0.134 e. The third-order valence-corrected chi connectivity index (χ3v) is 5.92. The summed E-state index contributed by atoms with van der Waals surface area (Å²) >= 11 is 0. The maximum atomic E-state index is 6.53. The predicted molar refractivity (Wildman–Crippen MR) is 148 cm³/mol. The van der Waals surface area contributed by atoms with Crippen LogP contribution in [0.25, 0.3) is 12.2 Å². The van der Waals surface area contributed by atoms with Crippen LogP contribution in [0.15, 0.2) is 97.1 Å². The molecular formula is C33H32O2. The van der Waals surface area contributed by atoms with Crippen LogP contribution >= 0.6 is 0 Å². The SMILES string of the molecule is CC=Cc1ccccc1Oc1c(C)cccc1Cc1cccc(C)c1Oc1ccccc1C=CC. The summed E-state index contributed by atoms with van der Waals surface area (Å²) in [4.78, 5) is 0. The van der Waals surface area contributed by atoms with Crippen LogP contribution in [-0.2, 0) is 6.42 Å². The first-order valence-electron chi connectivity index (χ1n) is 12.1. The summed E-state index contributed by atoms with van der Waals surface area (Å²) in [5.74, 6) is 3.49. The van der Waals surface area contributed by atoms with Crippen LogP contribution in [0.5, 0.6) is 23.0 Å². The predicted octanol–water partition coefficient (Wildman–Crippen LogP) is 9.55. The summed E-state index contributed by atoms with van der Waals surface area (Å²) in [5, 5.41) is 0. The Hall–Kier alpha value is -4.04. The number of hydrogen-bond donors (Lipinski definition) is 0. The van der Waals surface area contributed by atoms with Crippen LogP contribution in [0.2, 0.25) is 0 Å². The van der Waals surface area contributed by atoms with E-state index in [0.717, 1.165) is 56.4 Å². The maximum absolute atomic E-state index is 6.53. The Bertz CT molecular complexity index is 1260. The lowest BCUT2D eigenvalue weighted by atomic mass is 9.99. The Kier molecular flexibility index (Phi) is 7.84. The average Bonchev–Trinajstić information content (AvgIpc) is 2.86. The minimum absolute atomic E-state index is 0.700. The zero-order valence-corrected chi connectivity index (χ0v) is 20.9. The first-order valence-corrected chi connectivity index (χ1v) is 12.1. The molecule has 35 heavy (non-hydrogen) atoms. The molecule has 0 spiro atoms. The average molecular weight is 461 g/mol. The molecule has 0 aliphatic heterocycles. The van der Waals surface area contributed by atoms with Crippen molar-refractivity contribution in [3.05, 3.63) is 130 Å². The summed E-state index contributed by atoms with van der Waals surface area (Å²) < 4.78 is 13.1. The highest BCUT2D eigenvalue weighted by molar-refractivity contribution is 5.60. The van der Waals surface area contributed by atoms with Crippen molar-refractivity contribution in [1.82, 2.24) is 0 Å². The highest BCUT2D eigenvalue weighted by atomic mass is 16.5. The van der Waals surface area contributed by atoms with Gasteiger partial charge in [-0.05, 0) is 62.1 Å². The normalized spacial score (nSPS) is 11.3. The van der Waals surface area contributed by atoms with E-state index in [2.05, 4.69) is 74.5 Å². The number of para-hydroxylation sites is 4. The lowest BCUT2D eigenvalue weighted by Gasteiger charge is -2.18. The Morgan fingerprint density at radius 2 is 0.971 bits per heavy atom. The van der Waals surface area contributed by atoms with Gasteiger partial charge >= 0.3 is 0 Å². The van der Waals surface area contributed by atoms with Crippen LogP contribution in [0.4, 0.5) is 0 Å². The molecule has 0 heterocycles. The summed E-state index contributed by atoms with van der Waals surface area (Å²) in [5.41, 5.74) is 6.57. The van der Waals surface area contributed by atoms with Gasteiger partial charge < -0.3 is 9.47 Å². The zero-order chi connectivity index (χ0) is 24.6. The van der Waals surface area contributed by atoms with Crippen molar-refractivity contribution in [3.63, 3.8) is 0 Å². The molecule has 176 valence electrons. The van der Waals surface area contributed by atoms with Crippen molar-refractivity contribution in [2.24, 2.45) is 0 Å². The van der Waals surface area contributed by atoms with Crippen molar-refractivity contribution >= 4 is 12.2 Å². The number of ether oxygens (including phenoxy) is 2. The minimum Gasteiger partial charge on any atom is -0.456 e. The molecular weight excluding hydrogens is 428 g/mol. The molecule has 0 N–H and O–H groups in total. The van der Waals surface area contributed by atoms with E-state index in [1.165, 1.54) is 0 Å². The Labute approximate surface area is 209 Å². The van der Waals surface area contributed by atoms with Crippen LogP contribution in [-0.4, -0.2) is 0 Å². The Morgan fingerprint density at radius 1 is 0.543 bits per heavy atom. The van der Waals surface area contributed by atoms with Crippen molar-refractivity contribution in [2.45, 2.75) is 34.1 Å². The first kappa shape index (κ1) is 24.1. The molecule has 0 aliphatic rings. The highest BCUT2D eigenvalue weighted by Crippen LogP contribution is 2.37. The fourth-order valence-corrected chi connectivity index (χ4v) is 4.20. The molecule has 0 unspecified atom stereocenters. The van der Waals surface area contributed by atoms with Gasteiger partial charge in [-0.3, -0.25) is 0 Å². The van der Waals surface area contributed by atoms with E-state index < -0.39 is 0 Å². The van der Waals surface area contributed by atoms with Crippen LogP contribution in [0, 0.1) is 13.8 Å². The van der Waals surface area contributed by atoms with E-state index in [-0.39, 0.29) is 0 Å².